The Labute approximate surface area is 176 Å². The maximum Gasteiger partial charge on any atom is 0.104 e. The van der Waals surface area contributed by atoms with Crippen LogP contribution in [0.25, 0.3) is 0 Å². The van der Waals surface area contributed by atoms with Gasteiger partial charge in [0.2, 0.25) is 0 Å². The van der Waals surface area contributed by atoms with E-state index >= 15 is 0 Å². The second-order valence-corrected chi connectivity index (χ2v) is 9.48. The number of quaternary nitrogens is 1. The maximum atomic E-state index is 4.12. The van der Waals surface area contributed by atoms with E-state index < -0.39 is 0 Å². The first kappa shape index (κ1) is 25.1. The molecule has 0 aromatic carbocycles. The Bertz CT molecular complexity index is 441. The molecule has 1 aromatic heterocycles. The molecule has 0 saturated heterocycles. The van der Waals surface area contributed by atoms with Crippen molar-refractivity contribution >= 4 is 0 Å². The highest BCUT2D eigenvalue weighted by molar-refractivity contribution is 5.07. The van der Waals surface area contributed by atoms with E-state index in [2.05, 4.69) is 38.1 Å². The molecule has 0 radical (unpaired) electrons. The minimum atomic E-state index is 1.09. The molecule has 0 atom stereocenters. The molecular formula is C26H49N2+. The van der Waals surface area contributed by atoms with Gasteiger partial charge in [-0.05, 0) is 25.0 Å². The van der Waals surface area contributed by atoms with Crippen molar-refractivity contribution in [2.24, 2.45) is 0 Å². The molecule has 0 amide bonds. The average molecular weight is 390 g/mol. The zero-order valence-electron chi connectivity index (χ0n) is 19.4. The van der Waals surface area contributed by atoms with Crippen LogP contribution in [-0.4, -0.2) is 30.1 Å². The van der Waals surface area contributed by atoms with Crippen LogP contribution in [-0.2, 0) is 6.54 Å². The lowest BCUT2D eigenvalue weighted by Gasteiger charge is -2.30. The van der Waals surface area contributed by atoms with E-state index in [1.165, 1.54) is 115 Å². The predicted octanol–water partition coefficient (Wildman–Crippen LogP) is 7.92. The van der Waals surface area contributed by atoms with Gasteiger partial charge in [-0.3, -0.25) is 4.98 Å². The largest absolute Gasteiger partial charge is 0.325 e. The molecule has 0 spiro atoms. The fraction of sp³-hybridized carbons (Fsp3) is 0.808. The zero-order valence-corrected chi connectivity index (χ0v) is 19.4. The number of aromatic nitrogens is 1. The van der Waals surface area contributed by atoms with Crippen LogP contribution in [0.2, 0.25) is 0 Å². The summed E-state index contributed by atoms with van der Waals surface area (Å²) < 4.78 is 1.09. The van der Waals surface area contributed by atoms with Gasteiger partial charge in [0.15, 0.2) is 0 Å². The predicted molar refractivity (Wildman–Crippen MR) is 124 cm³/mol. The number of nitrogens with zero attached hydrogens (tertiary/aromatic N) is 2. The van der Waals surface area contributed by atoms with Gasteiger partial charge in [-0.1, -0.05) is 96.8 Å². The second kappa shape index (κ2) is 17.0. The van der Waals surface area contributed by atoms with Crippen LogP contribution in [0.4, 0.5) is 0 Å². The maximum absolute atomic E-state index is 4.12. The Morgan fingerprint density at radius 2 is 1.00 bits per heavy atom. The van der Waals surface area contributed by atoms with Gasteiger partial charge in [0.1, 0.15) is 6.54 Å². The van der Waals surface area contributed by atoms with Gasteiger partial charge < -0.3 is 4.48 Å². The summed E-state index contributed by atoms with van der Waals surface area (Å²) in [6.45, 7) is 4.69. The highest BCUT2D eigenvalue weighted by Gasteiger charge is 2.14. The minimum absolute atomic E-state index is 1.09. The van der Waals surface area contributed by atoms with Crippen molar-refractivity contribution in [2.75, 3.05) is 20.6 Å². The van der Waals surface area contributed by atoms with Crippen molar-refractivity contribution in [2.45, 2.75) is 116 Å². The number of rotatable bonds is 19. The standard InChI is InChI=1S/C26H49N2/c1-4-5-6-7-8-9-10-11-12-13-14-15-16-17-18-19-24-28(2,3)25-26-20-22-27-23-21-26/h20-23H,4-19,24-25H2,1-3H3/q+1. The molecule has 162 valence electrons. The molecule has 0 bridgehead atoms. The minimum Gasteiger partial charge on any atom is -0.325 e. The molecule has 0 aliphatic rings. The lowest BCUT2D eigenvalue weighted by Crippen LogP contribution is -2.39. The fourth-order valence-corrected chi connectivity index (χ4v) is 4.15. The topological polar surface area (TPSA) is 12.9 Å². The van der Waals surface area contributed by atoms with Crippen molar-refractivity contribution in [3.05, 3.63) is 30.1 Å². The third-order valence-electron chi connectivity index (χ3n) is 5.98. The van der Waals surface area contributed by atoms with Crippen molar-refractivity contribution in [3.8, 4) is 0 Å². The molecule has 1 heterocycles. The highest BCUT2D eigenvalue weighted by atomic mass is 15.3. The molecule has 0 N–H and O–H groups in total. The molecule has 1 aromatic rings. The average Bonchev–Trinajstić information content (AvgIpc) is 2.68. The molecule has 28 heavy (non-hydrogen) atoms. The van der Waals surface area contributed by atoms with Crippen LogP contribution < -0.4 is 0 Å². The molecule has 0 saturated carbocycles. The summed E-state index contributed by atoms with van der Waals surface area (Å²) >= 11 is 0. The Balaban J connectivity index is 1.83. The SMILES string of the molecule is CCCCCCCCCCCCCCCCCC[N+](C)(C)Cc1ccncc1. The van der Waals surface area contributed by atoms with Gasteiger partial charge in [-0.15, -0.1) is 0 Å². The first-order valence-electron chi connectivity index (χ1n) is 12.3. The van der Waals surface area contributed by atoms with Crippen LogP contribution in [0.15, 0.2) is 24.5 Å². The molecule has 0 fully saturated rings. The molecule has 2 nitrogen and oxygen atoms in total. The van der Waals surface area contributed by atoms with E-state index in [4.69, 9.17) is 0 Å². The molecule has 0 aliphatic heterocycles. The summed E-state index contributed by atoms with van der Waals surface area (Å²) in [6.07, 6.45) is 26.9. The first-order chi connectivity index (χ1) is 13.6. The van der Waals surface area contributed by atoms with Crippen LogP contribution >= 0.6 is 0 Å². The highest BCUT2D eigenvalue weighted by Crippen LogP contribution is 2.15. The smallest absolute Gasteiger partial charge is 0.104 e. The molecule has 0 unspecified atom stereocenters. The van der Waals surface area contributed by atoms with E-state index in [0.29, 0.717) is 0 Å². The number of hydrogen-bond donors (Lipinski definition) is 0. The summed E-state index contributed by atoms with van der Waals surface area (Å²) in [7, 11) is 4.71. The molecule has 2 heteroatoms. The van der Waals surface area contributed by atoms with Crippen molar-refractivity contribution in [1.82, 2.24) is 4.98 Å². The van der Waals surface area contributed by atoms with Gasteiger partial charge in [-0.25, -0.2) is 0 Å². The third-order valence-corrected chi connectivity index (χ3v) is 5.98. The van der Waals surface area contributed by atoms with E-state index in [0.717, 1.165) is 11.0 Å². The van der Waals surface area contributed by atoms with Gasteiger partial charge in [0.25, 0.3) is 0 Å². The summed E-state index contributed by atoms with van der Waals surface area (Å²) in [4.78, 5) is 4.12. The Morgan fingerprint density at radius 1 is 0.607 bits per heavy atom. The molecule has 1 rings (SSSR count). The van der Waals surface area contributed by atoms with Gasteiger partial charge >= 0.3 is 0 Å². The lowest BCUT2D eigenvalue weighted by atomic mass is 10.0. The Kier molecular flexibility index (Phi) is 15.3. The molecule has 0 aliphatic carbocycles. The summed E-state index contributed by atoms with van der Waals surface area (Å²) in [6, 6.07) is 4.29. The lowest BCUT2D eigenvalue weighted by molar-refractivity contribution is -0.903. The quantitative estimate of drug-likeness (QED) is 0.173. The summed E-state index contributed by atoms with van der Waals surface area (Å²) in [5.41, 5.74) is 1.40. The van der Waals surface area contributed by atoms with Gasteiger partial charge in [-0.2, -0.15) is 0 Å². The monoisotopic (exact) mass is 389 g/mol. The number of hydrogen-bond acceptors (Lipinski definition) is 1. The second-order valence-electron chi connectivity index (χ2n) is 9.48. The van der Waals surface area contributed by atoms with Crippen molar-refractivity contribution in [3.63, 3.8) is 0 Å². The van der Waals surface area contributed by atoms with Crippen LogP contribution in [0.3, 0.4) is 0 Å². The van der Waals surface area contributed by atoms with Crippen molar-refractivity contribution in [1.29, 1.82) is 0 Å². The van der Waals surface area contributed by atoms with E-state index in [1.807, 2.05) is 12.4 Å². The van der Waals surface area contributed by atoms with Crippen LogP contribution in [0.1, 0.15) is 115 Å². The van der Waals surface area contributed by atoms with E-state index in [1.54, 1.807) is 0 Å². The summed E-state index contributed by atoms with van der Waals surface area (Å²) in [5, 5.41) is 0. The summed E-state index contributed by atoms with van der Waals surface area (Å²) in [5.74, 6) is 0. The van der Waals surface area contributed by atoms with Gasteiger partial charge in [0, 0.05) is 18.0 Å². The van der Waals surface area contributed by atoms with Crippen molar-refractivity contribution < 1.29 is 4.48 Å². The molecular weight excluding hydrogens is 340 g/mol. The Morgan fingerprint density at radius 3 is 1.43 bits per heavy atom. The van der Waals surface area contributed by atoms with Crippen LogP contribution in [0, 0.1) is 0 Å². The van der Waals surface area contributed by atoms with E-state index in [9.17, 15) is 0 Å². The van der Waals surface area contributed by atoms with E-state index in [-0.39, 0.29) is 0 Å². The number of pyridine rings is 1. The normalized spacial score (nSPS) is 11.8. The Hall–Kier alpha value is -0.890. The number of unbranched alkanes of at least 4 members (excludes halogenated alkanes) is 15. The third kappa shape index (κ3) is 15.1. The zero-order chi connectivity index (χ0) is 20.3. The van der Waals surface area contributed by atoms with Crippen LogP contribution in [0.5, 0.6) is 0 Å². The van der Waals surface area contributed by atoms with Gasteiger partial charge in [0.05, 0.1) is 20.6 Å². The fourth-order valence-electron chi connectivity index (χ4n) is 4.15. The first-order valence-corrected chi connectivity index (χ1v) is 12.3.